The largest absolute Gasteiger partial charge is 0.396 e. The molecule has 0 aliphatic heterocycles. The van der Waals surface area contributed by atoms with E-state index >= 15 is 0 Å². The lowest BCUT2D eigenvalue weighted by Gasteiger charge is -2.08. The Balaban J connectivity index is 0.00000361. The number of halogens is 1. The van der Waals surface area contributed by atoms with Gasteiger partial charge in [0.15, 0.2) is 5.96 Å². The molecule has 0 aliphatic carbocycles. The normalized spacial score (nSPS) is 11.1. The third-order valence-corrected chi connectivity index (χ3v) is 2.84. The Labute approximate surface area is 138 Å². The zero-order chi connectivity index (χ0) is 14.1. The zero-order valence-corrected chi connectivity index (χ0v) is 14.7. The number of aliphatic imine (C=N–C) groups is 1. The molecular formula is C15H26IN3O. The fraction of sp³-hybridized carbons (Fsp3) is 0.533. The molecule has 114 valence electrons. The molecule has 0 aliphatic rings. The summed E-state index contributed by atoms with van der Waals surface area (Å²) in [5, 5.41) is 11.8. The smallest absolute Gasteiger partial charge is 0.193 e. The minimum atomic E-state index is 0. The standard InChI is InChI=1S/C15H25N3O.HI/c1-12-9-13(2)11-14(10-12)18-15(16)17-7-5-3-4-6-8-19;/h9-11,19H,3-8H2,1-2H3,(H3,16,17,18);1H. The van der Waals surface area contributed by atoms with E-state index in [2.05, 4.69) is 42.4 Å². The average Bonchev–Trinajstić information content (AvgIpc) is 2.32. The third kappa shape index (κ3) is 8.37. The van der Waals surface area contributed by atoms with Gasteiger partial charge in [-0.25, -0.2) is 0 Å². The molecule has 0 aromatic heterocycles. The summed E-state index contributed by atoms with van der Waals surface area (Å²) in [6.45, 7) is 5.13. The number of nitrogens with two attached hydrogens (primary N) is 1. The summed E-state index contributed by atoms with van der Waals surface area (Å²) in [4.78, 5) is 4.30. The number of nitrogens with zero attached hydrogens (tertiary/aromatic N) is 1. The van der Waals surface area contributed by atoms with Gasteiger partial charge in [-0.3, -0.25) is 4.99 Å². The topological polar surface area (TPSA) is 70.6 Å². The van der Waals surface area contributed by atoms with Crippen molar-refractivity contribution in [1.29, 1.82) is 0 Å². The number of anilines is 1. The molecule has 0 fully saturated rings. The molecule has 0 radical (unpaired) electrons. The van der Waals surface area contributed by atoms with Gasteiger partial charge in [0, 0.05) is 18.8 Å². The van der Waals surface area contributed by atoms with Gasteiger partial charge in [0.25, 0.3) is 0 Å². The Morgan fingerprint density at radius 2 is 1.70 bits per heavy atom. The Bertz CT molecular complexity index is 401. The van der Waals surface area contributed by atoms with Crippen molar-refractivity contribution in [1.82, 2.24) is 0 Å². The summed E-state index contributed by atoms with van der Waals surface area (Å²) in [5.41, 5.74) is 9.25. The quantitative estimate of drug-likeness (QED) is 0.289. The van der Waals surface area contributed by atoms with E-state index < -0.39 is 0 Å². The maximum atomic E-state index is 8.66. The number of aliphatic hydroxyl groups excluding tert-OH is 1. The molecule has 1 aromatic rings. The number of benzene rings is 1. The van der Waals surface area contributed by atoms with Crippen LogP contribution in [0.2, 0.25) is 0 Å². The van der Waals surface area contributed by atoms with Crippen molar-refractivity contribution in [3.63, 3.8) is 0 Å². The van der Waals surface area contributed by atoms with Crippen LogP contribution in [-0.2, 0) is 0 Å². The van der Waals surface area contributed by atoms with Gasteiger partial charge in [-0.15, -0.1) is 24.0 Å². The predicted molar refractivity (Wildman–Crippen MR) is 97.0 cm³/mol. The van der Waals surface area contributed by atoms with Crippen molar-refractivity contribution in [3.8, 4) is 0 Å². The number of nitrogens with one attached hydrogen (secondary N) is 1. The van der Waals surface area contributed by atoms with Crippen LogP contribution in [0.15, 0.2) is 23.2 Å². The summed E-state index contributed by atoms with van der Waals surface area (Å²) in [5.74, 6) is 0.465. The number of hydrogen-bond acceptors (Lipinski definition) is 2. The maximum Gasteiger partial charge on any atom is 0.193 e. The summed E-state index contributed by atoms with van der Waals surface area (Å²) in [6, 6.07) is 6.23. The molecule has 4 nitrogen and oxygen atoms in total. The van der Waals surface area contributed by atoms with Crippen molar-refractivity contribution >= 4 is 35.6 Å². The van der Waals surface area contributed by atoms with Crippen LogP contribution in [0.1, 0.15) is 36.8 Å². The first-order valence-corrected chi connectivity index (χ1v) is 6.88. The average molecular weight is 391 g/mol. The molecule has 0 heterocycles. The number of rotatable bonds is 7. The number of unbranched alkanes of at least 4 members (excludes halogenated alkanes) is 3. The van der Waals surface area contributed by atoms with E-state index in [1.807, 2.05) is 0 Å². The van der Waals surface area contributed by atoms with Gasteiger partial charge in [-0.2, -0.15) is 0 Å². The summed E-state index contributed by atoms with van der Waals surface area (Å²) >= 11 is 0. The van der Waals surface area contributed by atoms with Crippen molar-refractivity contribution < 1.29 is 5.11 Å². The van der Waals surface area contributed by atoms with E-state index in [0.29, 0.717) is 5.96 Å². The first-order valence-electron chi connectivity index (χ1n) is 6.88. The lowest BCUT2D eigenvalue weighted by Crippen LogP contribution is -2.23. The van der Waals surface area contributed by atoms with Gasteiger partial charge in [-0.1, -0.05) is 18.9 Å². The summed E-state index contributed by atoms with van der Waals surface area (Å²) in [7, 11) is 0. The maximum absolute atomic E-state index is 8.66. The number of aryl methyl sites for hydroxylation is 2. The van der Waals surface area contributed by atoms with Gasteiger partial charge in [-0.05, 0) is 49.9 Å². The molecule has 1 aromatic carbocycles. The molecule has 1 rings (SSSR count). The molecule has 0 amide bonds. The molecular weight excluding hydrogens is 365 g/mol. The van der Waals surface area contributed by atoms with Crippen LogP contribution in [0.4, 0.5) is 5.69 Å². The molecule has 20 heavy (non-hydrogen) atoms. The van der Waals surface area contributed by atoms with E-state index in [1.54, 1.807) is 0 Å². The van der Waals surface area contributed by atoms with E-state index in [4.69, 9.17) is 10.8 Å². The van der Waals surface area contributed by atoms with Crippen molar-refractivity contribution in [2.45, 2.75) is 39.5 Å². The highest BCUT2D eigenvalue weighted by atomic mass is 127. The monoisotopic (exact) mass is 391 g/mol. The highest BCUT2D eigenvalue weighted by Crippen LogP contribution is 2.13. The van der Waals surface area contributed by atoms with Gasteiger partial charge in [0.2, 0.25) is 0 Å². The van der Waals surface area contributed by atoms with Crippen LogP contribution >= 0.6 is 24.0 Å². The third-order valence-electron chi connectivity index (χ3n) is 2.84. The molecule has 0 saturated carbocycles. The first kappa shape index (κ1) is 19.2. The Kier molecular flexibility index (Phi) is 10.5. The molecule has 0 saturated heterocycles. The van der Waals surface area contributed by atoms with Crippen molar-refractivity contribution in [2.75, 3.05) is 18.5 Å². The van der Waals surface area contributed by atoms with Crippen LogP contribution in [0.25, 0.3) is 0 Å². The number of hydrogen-bond donors (Lipinski definition) is 3. The second kappa shape index (κ2) is 10.9. The predicted octanol–water partition coefficient (Wildman–Crippen LogP) is 3.20. The van der Waals surface area contributed by atoms with Gasteiger partial charge in [0.05, 0.1) is 0 Å². The molecule has 0 unspecified atom stereocenters. The van der Waals surface area contributed by atoms with Gasteiger partial charge in [0.1, 0.15) is 0 Å². The first-order chi connectivity index (χ1) is 9.11. The van der Waals surface area contributed by atoms with Crippen LogP contribution < -0.4 is 11.1 Å². The lowest BCUT2D eigenvalue weighted by molar-refractivity contribution is 0.282. The zero-order valence-electron chi connectivity index (χ0n) is 12.4. The minimum Gasteiger partial charge on any atom is -0.396 e. The van der Waals surface area contributed by atoms with Crippen molar-refractivity contribution in [3.05, 3.63) is 29.3 Å². The second-order valence-corrected chi connectivity index (χ2v) is 4.91. The second-order valence-electron chi connectivity index (χ2n) is 4.91. The highest BCUT2D eigenvalue weighted by molar-refractivity contribution is 14.0. The van der Waals surface area contributed by atoms with E-state index in [9.17, 15) is 0 Å². The van der Waals surface area contributed by atoms with E-state index in [0.717, 1.165) is 37.9 Å². The molecule has 0 bridgehead atoms. The SMILES string of the molecule is Cc1cc(C)cc(NC(N)=NCCCCCCO)c1.I. The molecule has 4 N–H and O–H groups in total. The molecule has 0 atom stereocenters. The Hall–Kier alpha value is -0.820. The number of aliphatic hydroxyl groups is 1. The molecule has 0 spiro atoms. The van der Waals surface area contributed by atoms with E-state index in [1.165, 1.54) is 11.1 Å². The molecule has 5 heteroatoms. The summed E-state index contributed by atoms with van der Waals surface area (Å²) in [6.07, 6.45) is 4.02. The van der Waals surface area contributed by atoms with Gasteiger partial charge >= 0.3 is 0 Å². The van der Waals surface area contributed by atoms with Crippen molar-refractivity contribution in [2.24, 2.45) is 10.7 Å². The van der Waals surface area contributed by atoms with Crippen LogP contribution in [0.3, 0.4) is 0 Å². The van der Waals surface area contributed by atoms with Crippen LogP contribution in [0, 0.1) is 13.8 Å². The lowest BCUT2D eigenvalue weighted by atomic mass is 10.1. The summed E-state index contributed by atoms with van der Waals surface area (Å²) < 4.78 is 0. The van der Waals surface area contributed by atoms with E-state index in [-0.39, 0.29) is 30.6 Å². The van der Waals surface area contributed by atoms with Crippen LogP contribution in [0.5, 0.6) is 0 Å². The van der Waals surface area contributed by atoms with Crippen LogP contribution in [-0.4, -0.2) is 24.2 Å². The van der Waals surface area contributed by atoms with Gasteiger partial charge < -0.3 is 16.2 Å². The number of guanidine groups is 1. The Morgan fingerprint density at radius 1 is 1.10 bits per heavy atom. The Morgan fingerprint density at radius 3 is 2.30 bits per heavy atom. The fourth-order valence-corrected chi connectivity index (χ4v) is 2.01. The minimum absolute atomic E-state index is 0. The fourth-order valence-electron chi connectivity index (χ4n) is 2.01. The highest BCUT2D eigenvalue weighted by Gasteiger charge is 1.97.